The van der Waals surface area contributed by atoms with Crippen LogP contribution in [0.2, 0.25) is 0 Å². The molecule has 2 heterocycles. The Hall–Kier alpha value is -2.10. The van der Waals surface area contributed by atoms with Gasteiger partial charge in [0, 0.05) is 0 Å². The molecule has 0 saturated carbocycles. The SMILES string of the molecule is CC(C)(C)OC(=O)C1CC(n2cc([N+](=O)[O-])c(C(F)F)n2)CCN1. The number of alkyl halides is 2. The van der Waals surface area contributed by atoms with Crippen LogP contribution >= 0.6 is 0 Å². The summed E-state index contributed by atoms with van der Waals surface area (Å²) in [7, 11) is 0. The summed E-state index contributed by atoms with van der Waals surface area (Å²) in [6.07, 6.45) is -1.25. The summed E-state index contributed by atoms with van der Waals surface area (Å²) < 4.78 is 32.3. The van der Waals surface area contributed by atoms with Crippen LogP contribution in [0.25, 0.3) is 0 Å². The lowest BCUT2D eigenvalue weighted by Gasteiger charge is -2.31. The number of piperidine rings is 1. The van der Waals surface area contributed by atoms with Gasteiger partial charge in [-0.15, -0.1) is 0 Å². The highest BCUT2D eigenvalue weighted by molar-refractivity contribution is 5.76. The van der Waals surface area contributed by atoms with Crippen LogP contribution in [0.4, 0.5) is 14.5 Å². The fourth-order valence-corrected chi connectivity index (χ4v) is 2.57. The van der Waals surface area contributed by atoms with Crippen molar-refractivity contribution < 1.29 is 23.2 Å². The number of esters is 1. The molecule has 24 heavy (non-hydrogen) atoms. The van der Waals surface area contributed by atoms with Gasteiger partial charge >= 0.3 is 11.7 Å². The Morgan fingerprint density at radius 3 is 2.71 bits per heavy atom. The smallest absolute Gasteiger partial charge is 0.323 e. The van der Waals surface area contributed by atoms with Crippen molar-refractivity contribution in [3.8, 4) is 0 Å². The lowest BCUT2D eigenvalue weighted by Crippen LogP contribution is -2.46. The third-order valence-corrected chi connectivity index (χ3v) is 3.59. The molecule has 1 aromatic rings. The summed E-state index contributed by atoms with van der Waals surface area (Å²) in [6.45, 7) is 5.69. The van der Waals surface area contributed by atoms with E-state index in [-0.39, 0.29) is 6.42 Å². The molecule has 1 aromatic heterocycles. The molecule has 0 aliphatic carbocycles. The number of halogens is 2. The number of nitro groups is 1. The molecule has 2 atom stereocenters. The zero-order valence-electron chi connectivity index (χ0n) is 13.7. The second-order valence-corrected chi connectivity index (χ2v) is 6.66. The highest BCUT2D eigenvalue weighted by Crippen LogP contribution is 2.31. The monoisotopic (exact) mass is 346 g/mol. The topological polar surface area (TPSA) is 99.3 Å². The molecule has 1 aliphatic heterocycles. The third-order valence-electron chi connectivity index (χ3n) is 3.59. The standard InChI is InChI=1S/C14H20F2N4O4/c1-14(2,3)24-13(21)9-6-8(4-5-17-9)19-7-10(20(22)23)11(18-19)12(15)16/h7-9,12,17H,4-6H2,1-3H3. The molecular weight excluding hydrogens is 326 g/mol. The molecule has 0 radical (unpaired) electrons. The molecule has 0 bridgehead atoms. The van der Waals surface area contributed by atoms with Gasteiger partial charge in [-0.1, -0.05) is 0 Å². The predicted octanol–water partition coefficient (Wildman–Crippen LogP) is 2.36. The lowest BCUT2D eigenvalue weighted by atomic mass is 9.99. The van der Waals surface area contributed by atoms with E-state index < -0.39 is 46.4 Å². The van der Waals surface area contributed by atoms with Gasteiger partial charge in [-0.3, -0.25) is 19.6 Å². The Morgan fingerprint density at radius 1 is 1.54 bits per heavy atom. The molecular formula is C14H20F2N4O4. The van der Waals surface area contributed by atoms with E-state index in [1.807, 2.05) is 0 Å². The zero-order valence-corrected chi connectivity index (χ0v) is 13.7. The number of carbonyl (C=O) groups excluding carboxylic acids is 1. The molecule has 8 nitrogen and oxygen atoms in total. The highest BCUT2D eigenvalue weighted by Gasteiger charge is 2.34. The van der Waals surface area contributed by atoms with E-state index in [4.69, 9.17) is 4.74 Å². The van der Waals surface area contributed by atoms with Crippen LogP contribution < -0.4 is 5.32 Å². The van der Waals surface area contributed by atoms with E-state index in [0.717, 1.165) is 10.9 Å². The van der Waals surface area contributed by atoms with E-state index in [1.165, 1.54) is 0 Å². The van der Waals surface area contributed by atoms with Crippen molar-refractivity contribution in [1.29, 1.82) is 0 Å². The molecule has 1 saturated heterocycles. The van der Waals surface area contributed by atoms with Crippen LogP contribution in [0.3, 0.4) is 0 Å². The van der Waals surface area contributed by atoms with Crippen molar-refractivity contribution in [2.75, 3.05) is 6.54 Å². The Bertz CT molecular complexity index is 627. The first kappa shape index (κ1) is 18.2. The van der Waals surface area contributed by atoms with E-state index >= 15 is 0 Å². The molecule has 2 unspecified atom stereocenters. The summed E-state index contributed by atoms with van der Waals surface area (Å²) in [6, 6.07) is -1.00. The number of carbonyl (C=O) groups is 1. The molecule has 1 N–H and O–H groups in total. The van der Waals surface area contributed by atoms with Gasteiger partial charge in [0.05, 0.1) is 11.0 Å². The van der Waals surface area contributed by atoms with Gasteiger partial charge in [0.15, 0.2) is 0 Å². The number of ether oxygens (including phenoxy) is 1. The van der Waals surface area contributed by atoms with Gasteiger partial charge in [-0.2, -0.15) is 5.10 Å². The molecule has 134 valence electrons. The Balaban J connectivity index is 2.16. The van der Waals surface area contributed by atoms with Crippen LogP contribution in [0, 0.1) is 10.1 Å². The van der Waals surface area contributed by atoms with Crippen LogP contribution in [-0.4, -0.2) is 38.9 Å². The fourth-order valence-electron chi connectivity index (χ4n) is 2.57. The summed E-state index contributed by atoms with van der Waals surface area (Å²) in [5.74, 6) is -0.442. The quantitative estimate of drug-likeness (QED) is 0.510. The summed E-state index contributed by atoms with van der Waals surface area (Å²) >= 11 is 0. The van der Waals surface area contributed by atoms with Crippen molar-refractivity contribution in [1.82, 2.24) is 15.1 Å². The largest absolute Gasteiger partial charge is 0.459 e. The van der Waals surface area contributed by atoms with E-state index in [9.17, 15) is 23.7 Å². The number of aromatic nitrogens is 2. The second-order valence-electron chi connectivity index (χ2n) is 6.66. The van der Waals surface area contributed by atoms with Gasteiger partial charge in [0.2, 0.25) is 5.69 Å². The summed E-state index contributed by atoms with van der Waals surface area (Å²) in [5, 5.41) is 17.6. The van der Waals surface area contributed by atoms with Gasteiger partial charge in [-0.25, -0.2) is 8.78 Å². The zero-order chi connectivity index (χ0) is 18.1. The average molecular weight is 346 g/mol. The van der Waals surface area contributed by atoms with Gasteiger partial charge < -0.3 is 10.1 Å². The molecule has 10 heteroatoms. The summed E-state index contributed by atoms with van der Waals surface area (Å²) in [4.78, 5) is 22.1. The summed E-state index contributed by atoms with van der Waals surface area (Å²) in [5.41, 5.74) is -2.20. The molecule has 0 amide bonds. The number of rotatable bonds is 4. The first-order chi connectivity index (χ1) is 11.1. The van der Waals surface area contributed by atoms with Crippen molar-refractivity contribution >= 4 is 11.7 Å². The first-order valence-corrected chi connectivity index (χ1v) is 7.56. The number of hydrogen-bond acceptors (Lipinski definition) is 6. The van der Waals surface area contributed by atoms with E-state index in [1.54, 1.807) is 20.8 Å². The molecule has 1 fully saturated rings. The maximum absolute atomic E-state index is 12.9. The minimum atomic E-state index is -3.03. The molecule has 1 aliphatic rings. The molecule has 2 rings (SSSR count). The van der Waals surface area contributed by atoms with Crippen molar-refractivity contribution in [3.05, 3.63) is 22.0 Å². The van der Waals surface area contributed by atoms with E-state index in [0.29, 0.717) is 13.0 Å². The average Bonchev–Trinajstić information content (AvgIpc) is 2.91. The van der Waals surface area contributed by atoms with Gasteiger partial charge in [0.1, 0.15) is 17.8 Å². The number of nitrogens with one attached hydrogen (secondary N) is 1. The minimum absolute atomic E-state index is 0.260. The van der Waals surface area contributed by atoms with Crippen molar-refractivity contribution in [3.63, 3.8) is 0 Å². The Labute approximate surface area is 137 Å². The fraction of sp³-hybridized carbons (Fsp3) is 0.714. The highest BCUT2D eigenvalue weighted by atomic mass is 19.3. The van der Waals surface area contributed by atoms with Crippen molar-refractivity contribution in [2.24, 2.45) is 0 Å². The predicted molar refractivity (Wildman–Crippen MR) is 79.7 cm³/mol. The van der Waals surface area contributed by atoms with E-state index in [2.05, 4.69) is 10.4 Å². The van der Waals surface area contributed by atoms with Gasteiger partial charge in [-0.05, 0) is 40.2 Å². The maximum Gasteiger partial charge on any atom is 0.323 e. The second kappa shape index (κ2) is 6.80. The van der Waals surface area contributed by atoms with Crippen LogP contribution in [0.15, 0.2) is 6.20 Å². The lowest BCUT2D eigenvalue weighted by molar-refractivity contribution is -0.386. The Kier molecular flexibility index (Phi) is 5.16. The number of nitrogens with zero attached hydrogens (tertiary/aromatic N) is 3. The molecule has 0 aromatic carbocycles. The first-order valence-electron chi connectivity index (χ1n) is 7.56. The number of hydrogen-bond donors (Lipinski definition) is 1. The van der Waals surface area contributed by atoms with Crippen LogP contribution in [-0.2, 0) is 9.53 Å². The van der Waals surface area contributed by atoms with Gasteiger partial charge in [0.25, 0.3) is 6.43 Å². The maximum atomic E-state index is 12.9. The Morgan fingerprint density at radius 2 is 2.21 bits per heavy atom. The minimum Gasteiger partial charge on any atom is -0.459 e. The normalized spacial score (nSPS) is 21.8. The van der Waals surface area contributed by atoms with Crippen LogP contribution in [0.5, 0.6) is 0 Å². The third kappa shape index (κ3) is 4.25. The van der Waals surface area contributed by atoms with Crippen LogP contribution in [0.1, 0.15) is 51.8 Å². The molecule has 0 spiro atoms. The van der Waals surface area contributed by atoms with Crippen molar-refractivity contribution in [2.45, 2.75) is 57.7 Å².